The molecule has 0 unspecified atom stereocenters. The first kappa shape index (κ1) is 19.1. The summed E-state index contributed by atoms with van der Waals surface area (Å²) in [6.07, 6.45) is 3.55. The highest BCUT2D eigenvalue weighted by Crippen LogP contribution is 2.26. The standard InChI is InChI=1S/C22H30N4O2/c1-14-12-19-16(3)23-22(25-20(19)13-15(14)2)26-8-4-17(5-9-26)21(27)24-18-6-10-28-11-7-18/h12-13,17-18H,4-11H2,1-3H3,(H,24,27). The minimum absolute atomic E-state index is 0.0885. The average Bonchev–Trinajstić information content (AvgIpc) is 2.70. The zero-order chi connectivity index (χ0) is 19.7. The number of hydrogen-bond donors (Lipinski definition) is 1. The van der Waals surface area contributed by atoms with E-state index in [0.29, 0.717) is 0 Å². The second-order valence-corrected chi connectivity index (χ2v) is 8.22. The van der Waals surface area contributed by atoms with Crippen LogP contribution in [0.5, 0.6) is 0 Å². The Morgan fingerprint density at radius 3 is 2.43 bits per heavy atom. The van der Waals surface area contributed by atoms with E-state index in [2.05, 4.69) is 43.1 Å². The Hall–Kier alpha value is -2.21. The van der Waals surface area contributed by atoms with Gasteiger partial charge in [0, 0.05) is 43.6 Å². The Bertz CT molecular complexity index is 868. The highest BCUT2D eigenvalue weighted by molar-refractivity contribution is 5.83. The molecule has 2 aromatic rings. The third-order valence-corrected chi connectivity index (χ3v) is 6.21. The predicted octanol–water partition coefficient (Wildman–Crippen LogP) is 3.07. The summed E-state index contributed by atoms with van der Waals surface area (Å²) in [5.41, 5.74) is 4.54. The minimum Gasteiger partial charge on any atom is -0.381 e. The molecule has 6 heteroatoms. The van der Waals surface area contributed by atoms with E-state index in [-0.39, 0.29) is 17.9 Å². The molecule has 1 N–H and O–H groups in total. The molecule has 0 saturated carbocycles. The molecule has 3 heterocycles. The van der Waals surface area contributed by atoms with Crippen molar-refractivity contribution in [2.45, 2.75) is 52.5 Å². The number of aromatic nitrogens is 2. The molecule has 6 nitrogen and oxygen atoms in total. The lowest BCUT2D eigenvalue weighted by Crippen LogP contribution is -2.45. The van der Waals surface area contributed by atoms with Crippen molar-refractivity contribution >= 4 is 22.8 Å². The van der Waals surface area contributed by atoms with Crippen LogP contribution in [0.15, 0.2) is 12.1 Å². The molecule has 0 atom stereocenters. The Labute approximate surface area is 166 Å². The zero-order valence-corrected chi connectivity index (χ0v) is 17.1. The summed E-state index contributed by atoms with van der Waals surface area (Å²) in [5, 5.41) is 4.34. The summed E-state index contributed by atoms with van der Waals surface area (Å²) in [5.74, 6) is 1.08. The lowest BCUT2D eigenvalue weighted by atomic mass is 9.95. The molecule has 1 amide bonds. The fourth-order valence-electron chi connectivity index (χ4n) is 4.17. The summed E-state index contributed by atoms with van der Waals surface area (Å²) in [7, 11) is 0. The van der Waals surface area contributed by atoms with E-state index >= 15 is 0 Å². The van der Waals surface area contributed by atoms with E-state index in [0.717, 1.165) is 74.5 Å². The number of fused-ring (bicyclic) bond motifs is 1. The van der Waals surface area contributed by atoms with Gasteiger partial charge in [-0.05, 0) is 69.7 Å². The molecule has 1 aromatic carbocycles. The van der Waals surface area contributed by atoms with E-state index in [1.807, 2.05) is 0 Å². The Morgan fingerprint density at radius 2 is 1.71 bits per heavy atom. The molecule has 1 aromatic heterocycles. The average molecular weight is 383 g/mol. The minimum atomic E-state index is 0.0885. The van der Waals surface area contributed by atoms with Crippen molar-refractivity contribution < 1.29 is 9.53 Å². The van der Waals surface area contributed by atoms with Gasteiger partial charge in [-0.3, -0.25) is 4.79 Å². The lowest BCUT2D eigenvalue weighted by molar-refractivity contribution is -0.126. The van der Waals surface area contributed by atoms with Gasteiger partial charge in [-0.15, -0.1) is 0 Å². The third kappa shape index (κ3) is 3.97. The molecule has 0 radical (unpaired) electrons. The number of hydrogen-bond acceptors (Lipinski definition) is 5. The predicted molar refractivity (Wildman–Crippen MR) is 111 cm³/mol. The highest BCUT2D eigenvalue weighted by atomic mass is 16.5. The number of ether oxygens (including phenoxy) is 1. The van der Waals surface area contributed by atoms with Crippen molar-refractivity contribution in [2.75, 3.05) is 31.2 Å². The largest absolute Gasteiger partial charge is 0.381 e. The van der Waals surface area contributed by atoms with Crippen LogP contribution in [-0.2, 0) is 9.53 Å². The number of rotatable bonds is 3. The van der Waals surface area contributed by atoms with Gasteiger partial charge in [0.15, 0.2) is 0 Å². The molecular formula is C22H30N4O2. The van der Waals surface area contributed by atoms with E-state index in [1.165, 1.54) is 11.1 Å². The van der Waals surface area contributed by atoms with Crippen molar-refractivity contribution in [3.8, 4) is 0 Å². The molecule has 4 rings (SSSR count). The first-order valence-corrected chi connectivity index (χ1v) is 10.4. The number of amides is 1. The van der Waals surface area contributed by atoms with Crippen LogP contribution >= 0.6 is 0 Å². The van der Waals surface area contributed by atoms with Gasteiger partial charge in [-0.1, -0.05) is 0 Å². The second-order valence-electron chi connectivity index (χ2n) is 8.22. The van der Waals surface area contributed by atoms with E-state index in [1.54, 1.807) is 0 Å². The Balaban J connectivity index is 1.42. The van der Waals surface area contributed by atoms with Crippen molar-refractivity contribution in [1.82, 2.24) is 15.3 Å². The summed E-state index contributed by atoms with van der Waals surface area (Å²) in [4.78, 5) is 24.4. The Morgan fingerprint density at radius 1 is 1.04 bits per heavy atom. The van der Waals surface area contributed by atoms with Gasteiger partial charge < -0.3 is 15.0 Å². The maximum Gasteiger partial charge on any atom is 0.226 e. The number of carbonyl (C=O) groups is 1. The van der Waals surface area contributed by atoms with Crippen molar-refractivity contribution in [1.29, 1.82) is 0 Å². The van der Waals surface area contributed by atoms with Gasteiger partial charge >= 0.3 is 0 Å². The number of aryl methyl sites for hydroxylation is 3. The number of nitrogens with zero attached hydrogens (tertiary/aromatic N) is 3. The van der Waals surface area contributed by atoms with Gasteiger partial charge in [0.2, 0.25) is 11.9 Å². The molecule has 2 saturated heterocycles. The summed E-state index contributed by atoms with van der Waals surface area (Å²) in [6.45, 7) is 9.44. The highest BCUT2D eigenvalue weighted by Gasteiger charge is 2.28. The maximum absolute atomic E-state index is 12.6. The molecule has 2 fully saturated rings. The van der Waals surface area contributed by atoms with Crippen LogP contribution in [0.3, 0.4) is 0 Å². The van der Waals surface area contributed by atoms with Crippen molar-refractivity contribution in [3.63, 3.8) is 0 Å². The van der Waals surface area contributed by atoms with Gasteiger partial charge in [0.1, 0.15) is 0 Å². The van der Waals surface area contributed by atoms with Crippen molar-refractivity contribution in [2.24, 2.45) is 5.92 Å². The lowest BCUT2D eigenvalue weighted by Gasteiger charge is -2.33. The van der Waals surface area contributed by atoms with E-state index in [9.17, 15) is 4.79 Å². The molecule has 0 aliphatic carbocycles. The van der Waals surface area contributed by atoms with Crippen LogP contribution in [0.4, 0.5) is 5.95 Å². The monoisotopic (exact) mass is 382 g/mol. The fraction of sp³-hybridized carbons (Fsp3) is 0.591. The van der Waals surface area contributed by atoms with Crippen LogP contribution in [0.2, 0.25) is 0 Å². The van der Waals surface area contributed by atoms with Crippen molar-refractivity contribution in [3.05, 3.63) is 29.0 Å². The van der Waals surface area contributed by atoms with Crippen LogP contribution < -0.4 is 10.2 Å². The molecule has 28 heavy (non-hydrogen) atoms. The smallest absolute Gasteiger partial charge is 0.226 e. The number of nitrogens with one attached hydrogen (secondary N) is 1. The first-order chi connectivity index (χ1) is 13.5. The fourth-order valence-corrected chi connectivity index (χ4v) is 4.17. The maximum atomic E-state index is 12.6. The quantitative estimate of drug-likeness (QED) is 0.884. The number of benzene rings is 1. The topological polar surface area (TPSA) is 67.4 Å². The summed E-state index contributed by atoms with van der Waals surface area (Å²) >= 11 is 0. The number of anilines is 1. The normalized spacial score (nSPS) is 19.2. The van der Waals surface area contributed by atoms with E-state index < -0.39 is 0 Å². The Kier molecular flexibility index (Phi) is 5.49. The van der Waals surface area contributed by atoms with Crippen LogP contribution in [0.25, 0.3) is 10.9 Å². The van der Waals surface area contributed by atoms with Gasteiger partial charge in [-0.2, -0.15) is 0 Å². The summed E-state index contributed by atoms with van der Waals surface area (Å²) < 4.78 is 5.37. The third-order valence-electron chi connectivity index (χ3n) is 6.21. The first-order valence-electron chi connectivity index (χ1n) is 10.4. The van der Waals surface area contributed by atoms with Crippen LogP contribution in [0.1, 0.15) is 42.5 Å². The van der Waals surface area contributed by atoms with Gasteiger partial charge in [0.25, 0.3) is 0 Å². The summed E-state index contributed by atoms with van der Waals surface area (Å²) in [6, 6.07) is 4.60. The molecule has 2 aliphatic rings. The van der Waals surface area contributed by atoms with Crippen LogP contribution in [-0.4, -0.2) is 48.2 Å². The van der Waals surface area contributed by atoms with E-state index in [4.69, 9.17) is 14.7 Å². The molecule has 150 valence electrons. The van der Waals surface area contributed by atoms with Crippen LogP contribution in [0, 0.1) is 26.7 Å². The number of piperidine rings is 1. The molecule has 0 spiro atoms. The molecular weight excluding hydrogens is 352 g/mol. The zero-order valence-electron chi connectivity index (χ0n) is 17.1. The number of carbonyl (C=O) groups excluding carboxylic acids is 1. The van der Waals surface area contributed by atoms with Gasteiger partial charge in [-0.25, -0.2) is 9.97 Å². The SMILES string of the molecule is Cc1cc2nc(N3CCC(C(=O)NC4CCOCC4)CC3)nc(C)c2cc1C. The van der Waals surface area contributed by atoms with Gasteiger partial charge in [0.05, 0.1) is 11.2 Å². The second kappa shape index (κ2) is 8.03. The molecule has 2 aliphatic heterocycles. The molecule has 0 bridgehead atoms.